The van der Waals surface area contributed by atoms with Crippen molar-refractivity contribution in [3.8, 4) is 17.0 Å². The summed E-state index contributed by atoms with van der Waals surface area (Å²) in [5.74, 6) is 0.908. The quantitative estimate of drug-likeness (QED) is 0.883. The molecule has 4 nitrogen and oxygen atoms in total. The highest BCUT2D eigenvalue weighted by Crippen LogP contribution is 2.30. The molecule has 0 aliphatic rings. The molecule has 17 heavy (non-hydrogen) atoms. The van der Waals surface area contributed by atoms with E-state index in [4.69, 9.17) is 14.9 Å². The molecular formula is C13H16N2O2. The van der Waals surface area contributed by atoms with E-state index < -0.39 is 0 Å². The summed E-state index contributed by atoms with van der Waals surface area (Å²) in [6, 6.07) is 4.24. The van der Waals surface area contributed by atoms with Gasteiger partial charge in [-0.3, -0.25) is 0 Å². The average molecular weight is 232 g/mol. The Kier molecular flexibility index (Phi) is 3.04. The van der Waals surface area contributed by atoms with Crippen LogP contribution in [0.15, 0.2) is 22.8 Å². The molecule has 1 aromatic heterocycles. The molecular weight excluding hydrogens is 216 g/mol. The number of nitrogens with zero attached hydrogens (tertiary/aromatic N) is 1. The van der Waals surface area contributed by atoms with Crippen molar-refractivity contribution in [2.24, 2.45) is 0 Å². The number of aromatic nitrogens is 1. The van der Waals surface area contributed by atoms with Gasteiger partial charge in [0.25, 0.3) is 6.01 Å². The van der Waals surface area contributed by atoms with Crippen molar-refractivity contribution in [3.05, 3.63) is 29.5 Å². The van der Waals surface area contributed by atoms with Crippen LogP contribution >= 0.6 is 0 Å². The van der Waals surface area contributed by atoms with Crippen LogP contribution in [0.2, 0.25) is 0 Å². The standard InChI is InChI=1S/C13H16N2O2/c1-4-16-12-6-8(2)10(5-9(12)3)11-7-17-13(14)15-11/h5-7H,4H2,1-3H3,(H2,14,15). The Morgan fingerprint density at radius 3 is 2.65 bits per heavy atom. The number of ether oxygens (including phenoxy) is 1. The first-order valence-corrected chi connectivity index (χ1v) is 5.57. The first kappa shape index (κ1) is 11.5. The maximum absolute atomic E-state index is 5.55. The van der Waals surface area contributed by atoms with Crippen LogP contribution in [0.1, 0.15) is 18.1 Å². The SMILES string of the molecule is CCOc1cc(C)c(-c2coc(N)n2)cc1C. The van der Waals surface area contributed by atoms with Crippen molar-refractivity contribution in [2.45, 2.75) is 20.8 Å². The van der Waals surface area contributed by atoms with Gasteiger partial charge in [0.1, 0.15) is 17.7 Å². The van der Waals surface area contributed by atoms with Crippen LogP contribution in [-0.4, -0.2) is 11.6 Å². The number of benzene rings is 1. The molecule has 4 heteroatoms. The summed E-state index contributed by atoms with van der Waals surface area (Å²) in [6.45, 7) is 6.66. The van der Waals surface area contributed by atoms with E-state index in [-0.39, 0.29) is 6.01 Å². The first-order chi connectivity index (χ1) is 8.11. The van der Waals surface area contributed by atoms with Crippen LogP contribution in [-0.2, 0) is 0 Å². The summed E-state index contributed by atoms with van der Waals surface area (Å²) in [6.07, 6.45) is 1.57. The molecule has 0 saturated carbocycles. The van der Waals surface area contributed by atoms with Crippen molar-refractivity contribution >= 4 is 6.01 Å². The number of hydrogen-bond acceptors (Lipinski definition) is 4. The molecule has 0 aliphatic heterocycles. The van der Waals surface area contributed by atoms with Crippen LogP contribution < -0.4 is 10.5 Å². The van der Waals surface area contributed by atoms with E-state index >= 15 is 0 Å². The lowest BCUT2D eigenvalue weighted by Gasteiger charge is -2.10. The highest BCUT2D eigenvalue weighted by atomic mass is 16.5. The predicted molar refractivity (Wildman–Crippen MR) is 67.0 cm³/mol. The maximum Gasteiger partial charge on any atom is 0.292 e. The molecule has 0 amide bonds. The lowest BCUT2D eigenvalue weighted by atomic mass is 10.0. The monoisotopic (exact) mass is 232 g/mol. The highest BCUT2D eigenvalue weighted by molar-refractivity contribution is 5.66. The van der Waals surface area contributed by atoms with Crippen molar-refractivity contribution < 1.29 is 9.15 Å². The van der Waals surface area contributed by atoms with Gasteiger partial charge in [-0.2, -0.15) is 4.98 Å². The van der Waals surface area contributed by atoms with E-state index in [2.05, 4.69) is 4.98 Å². The van der Waals surface area contributed by atoms with Gasteiger partial charge in [0.2, 0.25) is 0 Å². The molecule has 0 radical (unpaired) electrons. The van der Waals surface area contributed by atoms with Gasteiger partial charge in [-0.15, -0.1) is 0 Å². The van der Waals surface area contributed by atoms with Gasteiger partial charge in [-0.25, -0.2) is 0 Å². The summed E-state index contributed by atoms with van der Waals surface area (Å²) in [5.41, 5.74) is 9.42. The van der Waals surface area contributed by atoms with Crippen molar-refractivity contribution in [1.82, 2.24) is 4.98 Å². The van der Waals surface area contributed by atoms with Crippen molar-refractivity contribution in [2.75, 3.05) is 12.3 Å². The van der Waals surface area contributed by atoms with E-state index in [9.17, 15) is 0 Å². The molecule has 1 heterocycles. The van der Waals surface area contributed by atoms with Crippen LogP contribution in [0, 0.1) is 13.8 Å². The topological polar surface area (TPSA) is 61.3 Å². The molecule has 0 aliphatic carbocycles. The zero-order valence-electron chi connectivity index (χ0n) is 10.3. The Balaban J connectivity index is 2.46. The maximum atomic E-state index is 5.55. The lowest BCUT2D eigenvalue weighted by Crippen LogP contribution is -1.96. The molecule has 2 rings (SSSR count). The van der Waals surface area contributed by atoms with Gasteiger partial charge in [-0.05, 0) is 44.0 Å². The van der Waals surface area contributed by atoms with Crippen LogP contribution in [0.5, 0.6) is 5.75 Å². The van der Waals surface area contributed by atoms with Crippen LogP contribution in [0.3, 0.4) is 0 Å². The smallest absolute Gasteiger partial charge is 0.292 e. The second-order valence-corrected chi connectivity index (χ2v) is 3.94. The zero-order valence-corrected chi connectivity index (χ0v) is 10.3. The molecule has 0 atom stereocenters. The Morgan fingerprint density at radius 1 is 1.29 bits per heavy atom. The van der Waals surface area contributed by atoms with Gasteiger partial charge < -0.3 is 14.9 Å². The molecule has 1 aromatic carbocycles. The molecule has 90 valence electrons. The van der Waals surface area contributed by atoms with E-state index in [1.807, 2.05) is 32.9 Å². The van der Waals surface area contributed by atoms with E-state index in [1.54, 1.807) is 6.26 Å². The Labute approximate surface area is 100 Å². The molecule has 0 fully saturated rings. The lowest BCUT2D eigenvalue weighted by molar-refractivity contribution is 0.337. The minimum Gasteiger partial charge on any atom is -0.494 e. The molecule has 0 saturated heterocycles. The molecule has 0 bridgehead atoms. The van der Waals surface area contributed by atoms with Gasteiger partial charge in [0.05, 0.1) is 6.61 Å². The summed E-state index contributed by atoms with van der Waals surface area (Å²) in [4.78, 5) is 4.13. The fourth-order valence-electron chi connectivity index (χ4n) is 1.79. The van der Waals surface area contributed by atoms with Crippen molar-refractivity contribution in [1.29, 1.82) is 0 Å². The second-order valence-electron chi connectivity index (χ2n) is 3.94. The normalized spacial score (nSPS) is 10.5. The van der Waals surface area contributed by atoms with Crippen LogP contribution in [0.25, 0.3) is 11.3 Å². The summed E-state index contributed by atoms with van der Waals surface area (Å²) in [5, 5.41) is 0. The number of hydrogen-bond donors (Lipinski definition) is 1. The third-order valence-electron chi connectivity index (χ3n) is 2.62. The molecule has 2 N–H and O–H groups in total. The minimum atomic E-state index is 0.186. The number of nitrogen functional groups attached to an aromatic ring is 1. The molecule has 0 spiro atoms. The number of oxazole rings is 1. The molecule has 2 aromatic rings. The van der Waals surface area contributed by atoms with Gasteiger partial charge >= 0.3 is 0 Å². The van der Waals surface area contributed by atoms with E-state index in [0.29, 0.717) is 6.61 Å². The fraction of sp³-hybridized carbons (Fsp3) is 0.308. The van der Waals surface area contributed by atoms with Gasteiger partial charge in [-0.1, -0.05) is 0 Å². The Bertz CT molecular complexity index is 532. The largest absolute Gasteiger partial charge is 0.494 e. The van der Waals surface area contributed by atoms with E-state index in [1.165, 1.54) is 0 Å². The third-order valence-corrected chi connectivity index (χ3v) is 2.62. The average Bonchev–Trinajstić information content (AvgIpc) is 2.70. The third kappa shape index (κ3) is 2.25. The number of aryl methyl sites for hydroxylation is 2. The van der Waals surface area contributed by atoms with E-state index in [0.717, 1.165) is 28.1 Å². The second kappa shape index (κ2) is 4.49. The zero-order chi connectivity index (χ0) is 12.4. The minimum absolute atomic E-state index is 0.186. The highest BCUT2D eigenvalue weighted by Gasteiger charge is 2.10. The first-order valence-electron chi connectivity index (χ1n) is 5.57. The predicted octanol–water partition coefficient (Wildman–Crippen LogP) is 2.94. The number of anilines is 1. The van der Waals surface area contributed by atoms with Crippen LogP contribution in [0.4, 0.5) is 6.01 Å². The number of nitrogens with two attached hydrogens (primary N) is 1. The Morgan fingerprint density at radius 2 is 2.06 bits per heavy atom. The molecule has 0 unspecified atom stereocenters. The van der Waals surface area contributed by atoms with Gasteiger partial charge in [0, 0.05) is 5.56 Å². The van der Waals surface area contributed by atoms with Crippen molar-refractivity contribution in [3.63, 3.8) is 0 Å². The Hall–Kier alpha value is -1.97. The number of rotatable bonds is 3. The summed E-state index contributed by atoms with van der Waals surface area (Å²) in [7, 11) is 0. The fourth-order valence-corrected chi connectivity index (χ4v) is 1.79. The summed E-state index contributed by atoms with van der Waals surface area (Å²) < 4.78 is 10.6. The summed E-state index contributed by atoms with van der Waals surface area (Å²) >= 11 is 0. The van der Waals surface area contributed by atoms with Gasteiger partial charge in [0.15, 0.2) is 0 Å².